The third kappa shape index (κ3) is 2.99. The number of alkyl halides is 3. The summed E-state index contributed by atoms with van der Waals surface area (Å²) in [6.45, 7) is 5.58. The first-order valence-electron chi connectivity index (χ1n) is 7.46. The Morgan fingerprint density at radius 3 is 2.21 bits per heavy atom. The summed E-state index contributed by atoms with van der Waals surface area (Å²) in [6, 6.07) is 0. The van der Waals surface area contributed by atoms with Crippen LogP contribution < -0.4 is 5.73 Å². The summed E-state index contributed by atoms with van der Waals surface area (Å²) in [7, 11) is 0. The number of aromatic nitrogens is 1. The van der Waals surface area contributed by atoms with Gasteiger partial charge in [-0.2, -0.15) is 13.2 Å². The molecule has 2 amide bonds. The third-order valence-electron chi connectivity index (χ3n) is 4.59. The maximum absolute atomic E-state index is 13.1. The van der Waals surface area contributed by atoms with Gasteiger partial charge in [0.15, 0.2) is 0 Å². The SMILES string of the molecule is Cc1noc(C)c1C(C)(C)C(=O)N1C[C@@H](C(F)(F)F)[C@H](C(N)=O)C1. The standard InChI is InChI=1S/C15H20F3N3O3/c1-7-11(8(2)24-20-7)14(3,4)13(23)21-5-9(12(19)22)10(6-21)15(16,17)18/h9-10H,5-6H2,1-4H3,(H2,19,22)/t9-,10-/m1/s1. The van der Waals surface area contributed by atoms with Gasteiger partial charge >= 0.3 is 6.18 Å². The molecule has 9 heteroatoms. The Balaban J connectivity index is 2.32. The van der Waals surface area contributed by atoms with Gasteiger partial charge in [0.05, 0.1) is 22.9 Å². The predicted octanol–water partition coefficient (Wildman–Crippen LogP) is 1.69. The van der Waals surface area contributed by atoms with Crippen LogP contribution in [-0.4, -0.2) is 41.1 Å². The normalized spacial score (nSPS) is 22.0. The predicted molar refractivity (Wildman–Crippen MR) is 77.8 cm³/mol. The average molecular weight is 347 g/mol. The molecule has 2 heterocycles. The van der Waals surface area contributed by atoms with E-state index in [2.05, 4.69) is 5.16 Å². The summed E-state index contributed by atoms with van der Waals surface area (Å²) < 4.78 is 44.5. The number of hydrogen-bond donors (Lipinski definition) is 1. The summed E-state index contributed by atoms with van der Waals surface area (Å²) in [5.74, 6) is -4.52. The summed E-state index contributed by atoms with van der Waals surface area (Å²) in [6.07, 6.45) is -4.60. The number of rotatable bonds is 3. The van der Waals surface area contributed by atoms with E-state index in [0.717, 1.165) is 4.90 Å². The Bertz CT molecular complexity index is 647. The highest BCUT2D eigenvalue weighted by molar-refractivity contribution is 5.89. The highest BCUT2D eigenvalue weighted by atomic mass is 19.4. The Hall–Kier alpha value is -2.06. The second-order valence-corrected chi connectivity index (χ2v) is 6.69. The van der Waals surface area contributed by atoms with Crippen molar-refractivity contribution in [2.75, 3.05) is 13.1 Å². The Labute approximate surface area is 137 Å². The maximum Gasteiger partial charge on any atom is 0.394 e. The smallest absolute Gasteiger partial charge is 0.369 e. The quantitative estimate of drug-likeness (QED) is 0.901. The highest BCUT2D eigenvalue weighted by Crippen LogP contribution is 2.40. The molecular weight excluding hydrogens is 327 g/mol. The summed E-state index contributed by atoms with van der Waals surface area (Å²) in [5, 5.41) is 3.79. The number of aryl methyl sites for hydroxylation is 2. The van der Waals surface area contributed by atoms with Crippen molar-refractivity contribution in [1.29, 1.82) is 0 Å². The third-order valence-corrected chi connectivity index (χ3v) is 4.59. The van der Waals surface area contributed by atoms with Crippen molar-refractivity contribution in [2.24, 2.45) is 17.6 Å². The molecule has 6 nitrogen and oxygen atoms in total. The Kier molecular flexibility index (Phi) is 4.41. The number of nitrogens with two attached hydrogens (primary N) is 1. The molecule has 0 saturated carbocycles. The van der Waals surface area contributed by atoms with Crippen molar-refractivity contribution in [3.8, 4) is 0 Å². The second-order valence-electron chi connectivity index (χ2n) is 6.69. The molecule has 0 spiro atoms. The molecule has 0 aliphatic carbocycles. The first-order valence-corrected chi connectivity index (χ1v) is 7.46. The van der Waals surface area contributed by atoms with E-state index in [1.165, 1.54) is 0 Å². The maximum atomic E-state index is 13.1. The van der Waals surface area contributed by atoms with Crippen LogP contribution in [0, 0.1) is 25.7 Å². The van der Waals surface area contributed by atoms with E-state index in [1.54, 1.807) is 27.7 Å². The number of amides is 2. The first-order chi connectivity index (χ1) is 10.9. The van der Waals surface area contributed by atoms with Gasteiger partial charge in [-0.15, -0.1) is 0 Å². The topological polar surface area (TPSA) is 89.4 Å². The monoisotopic (exact) mass is 347 g/mol. The van der Waals surface area contributed by atoms with Gasteiger partial charge in [-0.3, -0.25) is 9.59 Å². The molecule has 0 aromatic carbocycles. The van der Waals surface area contributed by atoms with Gasteiger partial charge in [-0.1, -0.05) is 5.16 Å². The largest absolute Gasteiger partial charge is 0.394 e. The molecule has 1 aromatic heterocycles. The minimum atomic E-state index is -4.60. The van der Waals surface area contributed by atoms with Crippen molar-refractivity contribution < 1.29 is 27.3 Å². The van der Waals surface area contributed by atoms with Crippen LogP contribution in [0.25, 0.3) is 0 Å². The molecule has 24 heavy (non-hydrogen) atoms. The number of carbonyl (C=O) groups is 2. The first kappa shape index (κ1) is 18.3. The van der Waals surface area contributed by atoms with Crippen LogP contribution in [0.15, 0.2) is 4.52 Å². The zero-order chi connectivity index (χ0) is 18.4. The Morgan fingerprint density at radius 2 is 1.83 bits per heavy atom. The second kappa shape index (κ2) is 5.78. The van der Waals surface area contributed by atoms with Gasteiger partial charge in [-0.05, 0) is 27.7 Å². The van der Waals surface area contributed by atoms with E-state index < -0.39 is 41.8 Å². The molecule has 0 bridgehead atoms. The van der Waals surface area contributed by atoms with Crippen molar-refractivity contribution in [2.45, 2.75) is 39.3 Å². The van der Waals surface area contributed by atoms with Gasteiger partial charge in [0, 0.05) is 18.7 Å². The van der Waals surface area contributed by atoms with E-state index >= 15 is 0 Å². The lowest BCUT2D eigenvalue weighted by molar-refractivity contribution is -0.183. The van der Waals surface area contributed by atoms with Crippen molar-refractivity contribution in [1.82, 2.24) is 10.1 Å². The molecule has 1 aliphatic heterocycles. The molecule has 2 N–H and O–H groups in total. The van der Waals surface area contributed by atoms with E-state index in [-0.39, 0.29) is 6.54 Å². The van der Waals surface area contributed by atoms with Crippen molar-refractivity contribution in [3.05, 3.63) is 17.0 Å². The van der Waals surface area contributed by atoms with Crippen LogP contribution in [0.3, 0.4) is 0 Å². The van der Waals surface area contributed by atoms with E-state index in [0.29, 0.717) is 17.0 Å². The van der Waals surface area contributed by atoms with Gasteiger partial charge in [0.1, 0.15) is 5.76 Å². The van der Waals surface area contributed by atoms with Gasteiger partial charge in [0.25, 0.3) is 0 Å². The van der Waals surface area contributed by atoms with Crippen LogP contribution in [0.4, 0.5) is 13.2 Å². The lowest BCUT2D eigenvalue weighted by atomic mass is 9.82. The van der Waals surface area contributed by atoms with Gasteiger partial charge in [0.2, 0.25) is 11.8 Å². The number of hydrogen-bond acceptors (Lipinski definition) is 4. The van der Waals surface area contributed by atoms with Crippen molar-refractivity contribution >= 4 is 11.8 Å². The number of nitrogens with zero attached hydrogens (tertiary/aromatic N) is 2. The summed E-state index contributed by atoms with van der Waals surface area (Å²) in [4.78, 5) is 25.3. The molecule has 2 rings (SSSR count). The number of carbonyl (C=O) groups excluding carboxylic acids is 2. The number of primary amides is 1. The Morgan fingerprint density at radius 1 is 1.25 bits per heavy atom. The van der Waals surface area contributed by atoms with E-state index in [9.17, 15) is 22.8 Å². The van der Waals surface area contributed by atoms with E-state index in [4.69, 9.17) is 10.3 Å². The lowest BCUT2D eigenvalue weighted by Gasteiger charge is -2.29. The lowest BCUT2D eigenvalue weighted by Crippen LogP contribution is -2.43. The zero-order valence-corrected chi connectivity index (χ0v) is 13.9. The molecule has 1 saturated heterocycles. The van der Waals surface area contributed by atoms with Crippen molar-refractivity contribution in [3.63, 3.8) is 0 Å². The fourth-order valence-electron chi connectivity index (χ4n) is 3.47. The number of likely N-dealkylation sites (tertiary alicyclic amines) is 1. The molecule has 2 atom stereocenters. The molecule has 1 aliphatic rings. The summed E-state index contributed by atoms with van der Waals surface area (Å²) in [5.41, 5.74) is 5.01. The molecule has 134 valence electrons. The summed E-state index contributed by atoms with van der Waals surface area (Å²) >= 11 is 0. The minimum absolute atomic E-state index is 0.342. The van der Waals surface area contributed by atoms with Crippen LogP contribution >= 0.6 is 0 Å². The fraction of sp³-hybridized carbons (Fsp3) is 0.667. The fourth-order valence-corrected chi connectivity index (χ4v) is 3.47. The molecule has 1 fully saturated rings. The molecule has 1 aromatic rings. The van der Waals surface area contributed by atoms with Crippen LogP contribution in [0.2, 0.25) is 0 Å². The van der Waals surface area contributed by atoms with Crippen LogP contribution in [0.5, 0.6) is 0 Å². The van der Waals surface area contributed by atoms with Crippen LogP contribution in [-0.2, 0) is 15.0 Å². The van der Waals surface area contributed by atoms with Gasteiger partial charge < -0.3 is 15.2 Å². The molecular formula is C15H20F3N3O3. The zero-order valence-electron chi connectivity index (χ0n) is 13.9. The molecule has 0 radical (unpaired) electrons. The minimum Gasteiger partial charge on any atom is -0.369 e. The van der Waals surface area contributed by atoms with Crippen LogP contribution in [0.1, 0.15) is 30.9 Å². The molecule has 0 unspecified atom stereocenters. The average Bonchev–Trinajstić information content (AvgIpc) is 3.01. The highest BCUT2D eigenvalue weighted by Gasteiger charge is 2.54. The van der Waals surface area contributed by atoms with Gasteiger partial charge in [-0.25, -0.2) is 0 Å². The van der Waals surface area contributed by atoms with E-state index in [1.807, 2.05) is 0 Å². The number of halogens is 3.